The normalized spacial score (nSPS) is 10.3. The highest BCUT2D eigenvalue weighted by molar-refractivity contribution is 9.10. The Balaban J connectivity index is 2.40. The van der Waals surface area contributed by atoms with E-state index in [2.05, 4.69) is 21.2 Å². The SMILES string of the molecule is CCOCCN(C)C(=O)NCc1cc(F)cc(Br)c1. The molecule has 0 saturated heterocycles. The Kier molecular flexibility index (Phi) is 6.80. The van der Waals surface area contributed by atoms with Gasteiger partial charge in [-0.3, -0.25) is 0 Å². The van der Waals surface area contributed by atoms with Crippen molar-refractivity contribution in [2.75, 3.05) is 26.8 Å². The van der Waals surface area contributed by atoms with Gasteiger partial charge in [0.1, 0.15) is 5.82 Å². The molecular formula is C13H18BrFN2O2. The molecule has 4 nitrogen and oxygen atoms in total. The first-order valence-corrected chi connectivity index (χ1v) is 6.84. The molecule has 0 radical (unpaired) electrons. The number of amides is 2. The van der Waals surface area contributed by atoms with Gasteiger partial charge in [-0.05, 0) is 30.7 Å². The first kappa shape index (κ1) is 15.9. The standard InChI is InChI=1S/C13H18BrFN2O2/c1-3-19-5-4-17(2)13(18)16-9-10-6-11(14)8-12(15)7-10/h6-8H,3-5,9H2,1-2H3,(H,16,18). The van der Waals surface area contributed by atoms with Gasteiger partial charge >= 0.3 is 6.03 Å². The molecule has 6 heteroatoms. The van der Waals surface area contributed by atoms with Crippen LogP contribution in [-0.4, -0.2) is 37.7 Å². The van der Waals surface area contributed by atoms with Gasteiger partial charge in [0.15, 0.2) is 0 Å². The van der Waals surface area contributed by atoms with E-state index in [9.17, 15) is 9.18 Å². The Morgan fingerprint density at radius 2 is 2.21 bits per heavy atom. The highest BCUT2D eigenvalue weighted by Crippen LogP contribution is 2.14. The number of benzene rings is 1. The van der Waals surface area contributed by atoms with Crippen LogP contribution in [0.1, 0.15) is 12.5 Å². The Bertz CT molecular complexity index is 409. The number of rotatable bonds is 6. The van der Waals surface area contributed by atoms with Crippen LogP contribution in [-0.2, 0) is 11.3 Å². The van der Waals surface area contributed by atoms with Crippen LogP contribution in [0.4, 0.5) is 9.18 Å². The smallest absolute Gasteiger partial charge is 0.317 e. The molecular weight excluding hydrogens is 315 g/mol. The molecule has 0 aliphatic rings. The summed E-state index contributed by atoms with van der Waals surface area (Å²) in [7, 11) is 1.69. The fourth-order valence-corrected chi connectivity index (χ4v) is 1.99. The van der Waals surface area contributed by atoms with Crippen LogP contribution < -0.4 is 5.32 Å². The molecule has 1 rings (SSSR count). The highest BCUT2D eigenvalue weighted by atomic mass is 79.9. The van der Waals surface area contributed by atoms with Crippen molar-refractivity contribution in [3.8, 4) is 0 Å². The third-order valence-corrected chi connectivity index (χ3v) is 2.95. The van der Waals surface area contributed by atoms with E-state index in [-0.39, 0.29) is 18.4 Å². The molecule has 0 unspecified atom stereocenters. The summed E-state index contributed by atoms with van der Waals surface area (Å²) in [4.78, 5) is 13.3. The minimum absolute atomic E-state index is 0.208. The van der Waals surface area contributed by atoms with E-state index in [1.807, 2.05) is 6.92 Å². The number of carbonyl (C=O) groups is 1. The monoisotopic (exact) mass is 332 g/mol. The zero-order chi connectivity index (χ0) is 14.3. The molecule has 0 heterocycles. The lowest BCUT2D eigenvalue weighted by atomic mass is 10.2. The largest absolute Gasteiger partial charge is 0.380 e. The van der Waals surface area contributed by atoms with Crippen LogP contribution in [0.2, 0.25) is 0 Å². The summed E-state index contributed by atoms with van der Waals surface area (Å²) < 4.78 is 19.0. The third kappa shape index (κ3) is 6.02. The summed E-state index contributed by atoms with van der Waals surface area (Å²) in [5.41, 5.74) is 0.707. The van der Waals surface area contributed by atoms with Crippen LogP contribution in [0.3, 0.4) is 0 Å². The van der Waals surface area contributed by atoms with Gasteiger partial charge in [-0.25, -0.2) is 9.18 Å². The van der Waals surface area contributed by atoms with Crippen molar-refractivity contribution in [1.29, 1.82) is 0 Å². The third-order valence-electron chi connectivity index (χ3n) is 2.49. The van der Waals surface area contributed by atoms with Gasteiger partial charge in [0, 0.05) is 31.2 Å². The predicted octanol–water partition coefficient (Wildman–Crippen LogP) is 2.77. The van der Waals surface area contributed by atoms with Crippen molar-refractivity contribution in [3.63, 3.8) is 0 Å². The van der Waals surface area contributed by atoms with Crippen LogP contribution in [0, 0.1) is 5.82 Å². The summed E-state index contributed by atoms with van der Waals surface area (Å²) in [6.07, 6.45) is 0. The number of halogens is 2. The fourth-order valence-electron chi connectivity index (χ4n) is 1.47. The maximum absolute atomic E-state index is 13.1. The van der Waals surface area contributed by atoms with Gasteiger partial charge in [-0.2, -0.15) is 0 Å². The quantitative estimate of drug-likeness (QED) is 0.814. The number of nitrogens with one attached hydrogen (secondary N) is 1. The van der Waals surface area contributed by atoms with Gasteiger partial charge in [0.2, 0.25) is 0 Å². The van der Waals surface area contributed by atoms with E-state index in [1.54, 1.807) is 13.1 Å². The van der Waals surface area contributed by atoms with Crippen LogP contribution >= 0.6 is 15.9 Å². The number of urea groups is 1. The van der Waals surface area contributed by atoms with Crippen molar-refractivity contribution in [2.45, 2.75) is 13.5 Å². The van der Waals surface area contributed by atoms with Crippen LogP contribution in [0.15, 0.2) is 22.7 Å². The molecule has 1 aromatic rings. The summed E-state index contributed by atoms with van der Waals surface area (Å²) >= 11 is 3.21. The molecule has 0 bridgehead atoms. The molecule has 0 atom stereocenters. The summed E-state index contributed by atoms with van der Waals surface area (Å²) in [6.45, 7) is 3.85. The summed E-state index contributed by atoms with van der Waals surface area (Å²) in [6, 6.07) is 4.33. The van der Waals surface area contributed by atoms with E-state index in [4.69, 9.17) is 4.74 Å². The van der Waals surface area contributed by atoms with Crippen LogP contribution in [0.5, 0.6) is 0 Å². The van der Waals surface area contributed by atoms with E-state index in [0.717, 1.165) is 0 Å². The van der Waals surface area contributed by atoms with Crippen LogP contribution in [0.25, 0.3) is 0 Å². The second-order valence-electron chi connectivity index (χ2n) is 4.05. The van der Waals surface area contributed by atoms with Gasteiger partial charge in [-0.1, -0.05) is 15.9 Å². The Morgan fingerprint density at radius 3 is 2.84 bits per heavy atom. The Labute approximate surface area is 121 Å². The average Bonchev–Trinajstić information content (AvgIpc) is 2.35. The highest BCUT2D eigenvalue weighted by Gasteiger charge is 2.08. The van der Waals surface area contributed by atoms with Crippen molar-refractivity contribution < 1.29 is 13.9 Å². The molecule has 0 aromatic heterocycles. The van der Waals surface area contributed by atoms with Gasteiger partial charge in [0.05, 0.1) is 6.61 Å². The molecule has 19 heavy (non-hydrogen) atoms. The van der Waals surface area contributed by atoms with E-state index >= 15 is 0 Å². The Hall–Kier alpha value is -1.14. The number of hydrogen-bond acceptors (Lipinski definition) is 2. The zero-order valence-corrected chi connectivity index (χ0v) is 12.7. The van der Waals surface area contributed by atoms with Crippen molar-refractivity contribution in [2.24, 2.45) is 0 Å². The predicted molar refractivity (Wildman–Crippen MR) is 75.5 cm³/mol. The minimum atomic E-state index is -0.330. The fraction of sp³-hybridized carbons (Fsp3) is 0.462. The topological polar surface area (TPSA) is 41.6 Å². The second-order valence-corrected chi connectivity index (χ2v) is 4.97. The molecule has 0 spiro atoms. The number of likely N-dealkylation sites (N-methyl/N-ethyl adjacent to an activating group) is 1. The van der Waals surface area contributed by atoms with Crippen molar-refractivity contribution in [3.05, 3.63) is 34.1 Å². The zero-order valence-electron chi connectivity index (χ0n) is 11.1. The molecule has 1 aromatic carbocycles. The number of ether oxygens (including phenoxy) is 1. The van der Waals surface area contributed by atoms with E-state index in [0.29, 0.717) is 29.8 Å². The molecule has 0 saturated carbocycles. The number of carbonyl (C=O) groups excluding carboxylic acids is 1. The van der Waals surface area contributed by atoms with Gasteiger partial charge < -0.3 is 15.0 Å². The molecule has 0 aliphatic heterocycles. The van der Waals surface area contributed by atoms with Gasteiger partial charge in [0.25, 0.3) is 0 Å². The first-order chi connectivity index (χ1) is 9.02. The lowest BCUT2D eigenvalue weighted by Crippen LogP contribution is -2.38. The second kappa shape index (κ2) is 8.12. The molecule has 2 amide bonds. The maximum Gasteiger partial charge on any atom is 0.317 e. The lowest BCUT2D eigenvalue weighted by molar-refractivity contribution is 0.126. The lowest BCUT2D eigenvalue weighted by Gasteiger charge is -2.17. The van der Waals surface area contributed by atoms with Gasteiger partial charge in [-0.15, -0.1) is 0 Å². The van der Waals surface area contributed by atoms with Crippen molar-refractivity contribution >= 4 is 22.0 Å². The maximum atomic E-state index is 13.1. The molecule has 0 fully saturated rings. The summed E-state index contributed by atoms with van der Waals surface area (Å²) in [5, 5.41) is 2.72. The van der Waals surface area contributed by atoms with E-state index < -0.39 is 0 Å². The molecule has 0 aliphatic carbocycles. The average molecular weight is 333 g/mol. The number of nitrogens with zero attached hydrogens (tertiary/aromatic N) is 1. The van der Waals surface area contributed by atoms with Crippen molar-refractivity contribution in [1.82, 2.24) is 10.2 Å². The molecule has 106 valence electrons. The summed E-state index contributed by atoms with van der Waals surface area (Å²) in [5.74, 6) is -0.330. The minimum Gasteiger partial charge on any atom is -0.380 e. The van der Waals surface area contributed by atoms with E-state index in [1.165, 1.54) is 17.0 Å². The molecule has 1 N–H and O–H groups in total. The number of hydrogen-bond donors (Lipinski definition) is 1. The first-order valence-electron chi connectivity index (χ1n) is 6.04. The Morgan fingerprint density at radius 1 is 1.47 bits per heavy atom.